The lowest BCUT2D eigenvalue weighted by atomic mass is 9.86. The Bertz CT molecular complexity index is 1370. The fourth-order valence-electron chi connectivity index (χ4n) is 6.70. The lowest BCUT2D eigenvalue weighted by Crippen LogP contribution is -2.68. The maximum absolute atomic E-state index is 7.37. The third-order valence-corrected chi connectivity index (χ3v) is 14.0. The Balaban J connectivity index is 1.47. The predicted molar refractivity (Wildman–Crippen MR) is 183 cm³/mol. The van der Waals surface area contributed by atoms with Crippen molar-refractivity contribution in [2.45, 2.75) is 77.0 Å². The molecular weight excluding hydrogens is 577 g/mol. The summed E-state index contributed by atoms with van der Waals surface area (Å²) in [6.07, 6.45) is -0.682. The van der Waals surface area contributed by atoms with E-state index in [1.54, 1.807) is 7.11 Å². The van der Waals surface area contributed by atoms with Crippen molar-refractivity contribution in [2.75, 3.05) is 13.7 Å². The first-order valence-corrected chi connectivity index (χ1v) is 18.0. The van der Waals surface area contributed by atoms with Crippen molar-refractivity contribution in [3.63, 3.8) is 0 Å². The zero-order valence-corrected chi connectivity index (χ0v) is 28.3. The van der Waals surface area contributed by atoms with Gasteiger partial charge in [0.05, 0.1) is 32.0 Å². The van der Waals surface area contributed by atoms with Gasteiger partial charge in [-0.25, -0.2) is 0 Å². The maximum atomic E-state index is 7.37. The van der Waals surface area contributed by atoms with Crippen LogP contribution in [0.4, 0.5) is 0 Å². The molecule has 1 saturated heterocycles. The number of rotatable bonds is 13. The Labute approximate surface area is 270 Å². The number of ether oxygens (including phenoxy) is 4. The van der Waals surface area contributed by atoms with Crippen molar-refractivity contribution >= 4 is 18.7 Å². The Morgan fingerprint density at radius 3 is 1.51 bits per heavy atom. The molecule has 1 aliphatic rings. The minimum Gasteiger partial charge on any atom is -0.405 e. The highest BCUT2D eigenvalue weighted by molar-refractivity contribution is 6.99. The summed E-state index contributed by atoms with van der Waals surface area (Å²) in [6.45, 7) is 10.4. The summed E-state index contributed by atoms with van der Waals surface area (Å²) in [6, 6.07) is 42.0. The smallest absolute Gasteiger partial charge is 0.261 e. The highest BCUT2D eigenvalue weighted by Gasteiger charge is 2.52. The molecule has 4 aromatic carbocycles. The molecule has 0 amide bonds. The molecule has 1 heterocycles. The van der Waals surface area contributed by atoms with E-state index < -0.39 is 20.7 Å². The first kappa shape index (κ1) is 33.3. The lowest BCUT2D eigenvalue weighted by molar-refractivity contribution is -0.303. The molecule has 0 spiro atoms. The number of hydrogen-bond acceptors (Lipinski definition) is 5. The molecule has 0 saturated carbocycles. The molecule has 0 aliphatic carbocycles. The van der Waals surface area contributed by atoms with E-state index in [1.807, 2.05) is 36.4 Å². The number of methoxy groups -OCH3 is 1. The second kappa shape index (κ2) is 15.5. The van der Waals surface area contributed by atoms with Crippen LogP contribution in [0.5, 0.6) is 0 Å². The minimum absolute atomic E-state index is 0.0269. The van der Waals surface area contributed by atoms with E-state index in [9.17, 15) is 0 Å². The van der Waals surface area contributed by atoms with Crippen molar-refractivity contribution in [3.8, 4) is 0 Å². The summed E-state index contributed by atoms with van der Waals surface area (Å²) < 4.78 is 33.5. The van der Waals surface area contributed by atoms with E-state index in [1.165, 1.54) is 10.4 Å². The molecule has 45 heavy (non-hydrogen) atoms. The van der Waals surface area contributed by atoms with Crippen LogP contribution in [-0.4, -0.2) is 46.6 Å². The van der Waals surface area contributed by atoms with Crippen LogP contribution in [0, 0.1) is 5.92 Å². The van der Waals surface area contributed by atoms with Gasteiger partial charge in [0.1, 0.15) is 6.10 Å². The van der Waals surface area contributed by atoms with Gasteiger partial charge in [-0.05, 0) is 33.0 Å². The van der Waals surface area contributed by atoms with Gasteiger partial charge in [0.25, 0.3) is 8.32 Å². The Hall–Kier alpha value is -3.10. The largest absolute Gasteiger partial charge is 0.405 e. The van der Waals surface area contributed by atoms with Gasteiger partial charge >= 0.3 is 0 Å². The average molecular weight is 625 g/mol. The van der Waals surface area contributed by atoms with Gasteiger partial charge in [-0.2, -0.15) is 0 Å². The Kier molecular flexibility index (Phi) is 11.4. The lowest BCUT2D eigenvalue weighted by Gasteiger charge is -2.48. The van der Waals surface area contributed by atoms with Gasteiger partial charge in [0.15, 0.2) is 6.29 Å². The molecule has 0 unspecified atom stereocenters. The highest BCUT2D eigenvalue weighted by atomic mass is 28.4. The molecule has 1 fully saturated rings. The normalized spacial score (nSPS) is 22.3. The van der Waals surface area contributed by atoms with E-state index in [0.29, 0.717) is 19.8 Å². The van der Waals surface area contributed by atoms with E-state index in [0.717, 1.165) is 17.5 Å². The van der Waals surface area contributed by atoms with E-state index >= 15 is 0 Å². The van der Waals surface area contributed by atoms with Gasteiger partial charge in [0, 0.05) is 13.0 Å². The van der Waals surface area contributed by atoms with Gasteiger partial charge in [-0.15, -0.1) is 0 Å². The third-order valence-electron chi connectivity index (χ3n) is 8.96. The fourth-order valence-corrected chi connectivity index (χ4v) is 11.3. The van der Waals surface area contributed by atoms with Crippen LogP contribution < -0.4 is 10.4 Å². The zero-order valence-electron chi connectivity index (χ0n) is 27.3. The fraction of sp³-hybridized carbons (Fsp3) is 0.385. The SMILES string of the molecule is CC[C@@H]1[C@@H](OCc2ccccc2)[C@@H](OCc2ccccc2)[C@@H](OC)O[C@@H]1CO[Si](c1ccccc1)(c1ccccc1)C(C)(C)C. The second-order valence-corrected chi connectivity index (χ2v) is 17.2. The summed E-state index contributed by atoms with van der Waals surface area (Å²) in [5.74, 6) is 0.0269. The van der Waals surface area contributed by atoms with E-state index in [4.69, 9.17) is 23.4 Å². The van der Waals surface area contributed by atoms with Crippen molar-refractivity contribution in [3.05, 3.63) is 132 Å². The van der Waals surface area contributed by atoms with E-state index in [-0.39, 0.29) is 23.2 Å². The standard InChI is InChI=1S/C39H48O5Si/c1-6-34-35(29-43-45(39(2,3)4,32-23-15-9-16-24-32)33-25-17-10-18-26-33)44-38(40-5)37(42-28-31-21-13-8-14-22-31)36(34)41-27-30-19-11-7-12-20-30/h7-26,34-38H,6,27-29H2,1-5H3/t34-,35+,36+,37+,38-/m0/s1. The molecule has 238 valence electrons. The molecule has 0 aromatic heterocycles. The average Bonchev–Trinajstić information content (AvgIpc) is 3.07. The number of hydrogen-bond donors (Lipinski definition) is 0. The molecule has 5 nitrogen and oxygen atoms in total. The minimum atomic E-state index is -2.77. The van der Waals surface area contributed by atoms with Crippen LogP contribution in [0.15, 0.2) is 121 Å². The molecule has 6 heteroatoms. The van der Waals surface area contributed by atoms with Gasteiger partial charge < -0.3 is 23.4 Å². The third kappa shape index (κ3) is 7.66. The van der Waals surface area contributed by atoms with Crippen LogP contribution >= 0.6 is 0 Å². The van der Waals surface area contributed by atoms with Crippen LogP contribution in [0.1, 0.15) is 45.2 Å². The van der Waals surface area contributed by atoms with E-state index in [2.05, 4.69) is 113 Å². The quantitative estimate of drug-likeness (QED) is 0.148. The monoisotopic (exact) mass is 624 g/mol. The van der Waals surface area contributed by atoms with Crippen molar-refractivity contribution < 1.29 is 23.4 Å². The molecule has 5 atom stereocenters. The second-order valence-electron chi connectivity index (χ2n) is 12.8. The van der Waals surface area contributed by atoms with Crippen LogP contribution in [0.2, 0.25) is 5.04 Å². The summed E-state index contributed by atoms with van der Waals surface area (Å²) >= 11 is 0. The van der Waals surface area contributed by atoms with Crippen molar-refractivity contribution in [1.29, 1.82) is 0 Å². The van der Waals surface area contributed by atoms with Crippen LogP contribution in [0.25, 0.3) is 0 Å². The Morgan fingerprint density at radius 1 is 0.644 bits per heavy atom. The molecule has 1 aliphatic heterocycles. The van der Waals surface area contributed by atoms with Gasteiger partial charge in [0.2, 0.25) is 0 Å². The number of benzene rings is 4. The summed E-state index contributed by atoms with van der Waals surface area (Å²) in [5.41, 5.74) is 2.22. The van der Waals surface area contributed by atoms with Gasteiger partial charge in [-0.3, -0.25) is 0 Å². The van der Waals surface area contributed by atoms with Crippen LogP contribution in [0.3, 0.4) is 0 Å². The molecule has 0 radical (unpaired) electrons. The summed E-state index contributed by atoms with van der Waals surface area (Å²) in [7, 11) is -1.09. The first-order chi connectivity index (χ1) is 21.9. The Morgan fingerprint density at radius 2 is 1.09 bits per heavy atom. The summed E-state index contributed by atoms with van der Waals surface area (Å²) in [5, 5.41) is 2.35. The molecular formula is C39H48O5Si. The summed E-state index contributed by atoms with van der Waals surface area (Å²) in [4.78, 5) is 0. The van der Waals surface area contributed by atoms with Crippen LogP contribution in [-0.2, 0) is 36.6 Å². The van der Waals surface area contributed by atoms with Crippen molar-refractivity contribution in [1.82, 2.24) is 0 Å². The first-order valence-electron chi connectivity index (χ1n) is 16.1. The maximum Gasteiger partial charge on any atom is 0.261 e. The molecule has 0 bridgehead atoms. The molecule has 5 rings (SSSR count). The topological polar surface area (TPSA) is 46.2 Å². The zero-order chi connectivity index (χ0) is 31.7. The molecule has 0 N–H and O–H groups in total. The highest BCUT2D eigenvalue weighted by Crippen LogP contribution is 2.39. The van der Waals surface area contributed by atoms with Gasteiger partial charge in [-0.1, -0.05) is 149 Å². The molecule has 4 aromatic rings. The predicted octanol–water partition coefficient (Wildman–Crippen LogP) is 7.13. The van der Waals surface area contributed by atoms with Crippen molar-refractivity contribution in [2.24, 2.45) is 5.92 Å².